The van der Waals surface area contributed by atoms with E-state index in [0.29, 0.717) is 11.8 Å². The molecular formula is C18H28N4O2. The van der Waals surface area contributed by atoms with Crippen molar-refractivity contribution in [2.24, 2.45) is 5.92 Å². The van der Waals surface area contributed by atoms with Crippen LogP contribution in [0.4, 0.5) is 10.5 Å². The zero-order chi connectivity index (χ0) is 16.9. The molecule has 3 rings (SSSR count). The number of pyridine rings is 1. The van der Waals surface area contributed by atoms with E-state index in [0.717, 1.165) is 37.4 Å². The molecule has 0 radical (unpaired) electrons. The summed E-state index contributed by atoms with van der Waals surface area (Å²) in [5, 5.41) is 2.98. The number of piperidine rings is 1. The molecule has 6 nitrogen and oxygen atoms in total. The lowest BCUT2D eigenvalue weighted by atomic mass is 10.1. The highest BCUT2D eigenvalue weighted by Gasteiger charge is 2.28. The lowest BCUT2D eigenvalue weighted by molar-refractivity contribution is 0.192. The van der Waals surface area contributed by atoms with Gasteiger partial charge >= 0.3 is 6.03 Å². The first-order valence-electron chi connectivity index (χ1n) is 8.95. The summed E-state index contributed by atoms with van der Waals surface area (Å²) in [5.41, 5.74) is 1.52. The van der Waals surface area contributed by atoms with Crippen molar-refractivity contribution in [1.82, 2.24) is 14.8 Å². The van der Waals surface area contributed by atoms with E-state index in [1.54, 1.807) is 13.2 Å². The largest absolute Gasteiger partial charge is 0.481 e. The van der Waals surface area contributed by atoms with E-state index in [1.165, 1.54) is 32.4 Å². The molecule has 0 unspecified atom stereocenters. The summed E-state index contributed by atoms with van der Waals surface area (Å²) in [6.07, 6.45) is 5.11. The number of aryl methyl sites for hydroxylation is 1. The molecule has 2 amide bonds. The number of likely N-dealkylation sites (tertiary alicyclic amines) is 2. The summed E-state index contributed by atoms with van der Waals surface area (Å²) >= 11 is 0. The predicted octanol–water partition coefficient (Wildman–Crippen LogP) is 2.74. The third-order valence-electron chi connectivity index (χ3n) is 5.05. The van der Waals surface area contributed by atoms with Crippen molar-refractivity contribution in [3.05, 3.63) is 17.8 Å². The molecule has 1 aromatic rings. The van der Waals surface area contributed by atoms with Crippen molar-refractivity contribution in [3.8, 4) is 5.88 Å². The number of urea groups is 1. The van der Waals surface area contributed by atoms with Crippen molar-refractivity contribution >= 4 is 11.7 Å². The van der Waals surface area contributed by atoms with Gasteiger partial charge in [0.1, 0.15) is 0 Å². The van der Waals surface area contributed by atoms with E-state index in [2.05, 4.69) is 15.2 Å². The lowest BCUT2D eigenvalue weighted by Gasteiger charge is -2.29. The van der Waals surface area contributed by atoms with Gasteiger partial charge in [-0.05, 0) is 51.3 Å². The minimum absolute atomic E-state index is 0.0220. The summed E-state index contributed by atoms with van der Waals surface area (Å²) in [6, 6.07) is 3.60. The molecule has 0 aliphatic carbocycles. The first kappa shape index (κ1) is 17.0. The molecule has 0 bridgehead atoms. The molecule has 1 N–H and O–H groups in total. The Balaban J connectivity index is 1.51. The third kappa shape index (κ3) is 4.17. The number of hydrogen-bond acceptors (Lipinski definition) is 4. The van der Waals surface area contributed by atoms with Gasteiger partial charge in [0, 0.05) is 25.7 Å². The molecule has 0 aromatic carbocycles. The minimum atomic E-state index is -0.0220. The Labute approximate surface area is 144 Å². The van der Waals surface area contributed by atoms with E-state index < -0.39 is 0 Å². The van der Waals surface area contributed by atoms with E-state index in [-0.39, 0.29) is 6.03 Å². The maximum Gasteiger partial charge on any atom is 0.321 e. The molecule has 1 atom stereocenters. The van der Waals surface area contributed by atoms with Crippen LogP contribution in [0.1, 0.15) is 31.4 Å². The Hall–Kier alpha value is -1.82. The molecular weight excluding hydrogens is 304 g/mol. The summed E-state index contributed by atoms with van der Waals surface area (Å²) in [6.45, 7) is 7.14. The number of methoxy groups -OCH3 is 1. The molecule has 24 heavy (non-hydrogen) atoms. The number of nitrogens with zero attached hydrogens (tertiary/aromatic N) is 3. The van der Waals surface area contributed by atoms with Gasteiger partial charge in [0.05, 0.1) is 18.5 Å². The number of hydrogen-bond donors (Lipinski definition) is 1. The smallest absolute Gasteiger partial charge is 0.321 e. The van der Waals surface area contributed by atoms with Gasteiger partial charge in [-0.1, -0.05) is 6.42 Å². The van der Waals surface area contributed by atoms with Gasteiger partial charge in [0.15, 0.2) is 0 Å². The normalized spacial score (nSPS) is 21.8. The fraction of sp³-hybridized carbons (Fsp3) is 0.667. The van der Waals surface area contributed by atoms with Crippen LogP contribution in [-0.2, 0) is 0 Å². The van der Waals surface area contributed by atoms with Gasteiger partial charge < -0.3 is 19.9 Å². The van der Waals surface area contributed by atoms with Crippen LogP contribution in [0.3, 0.4) is 0 Å². The second kappa shape index (κ2) is 7.83. The van der Waals surface area contributed by atoms with E-state index >= 15 is 0 Å². The van der Waals surface area contributed by atoms with Gasteiger partial charge in [0.2, 0.25) is 5.88 Å². The van der Waals surface area contributed by atoms with Crippen molar-refractivity contribution in [2.75, 3.05) is 45.2 Å². The molecule has 0 saturated carbocycles. The van der Waals surface area contributed by atoms with Gasteiger partial charge in [0.25, 0.3) is 0 Å². The molecule has 1 aromatic heterocycles. The summed E-state index contributed by atoms with van der Waals surface area (Å²) in [7, 11) is 1.59. The van der Waals surface area contributed by atoms with Crippen LogP contribution >= 0.6 is 0 Å². The number of ether oxygens (including phenoxy) is 1. The second-order valence-electron chi connectivity index (χ2n) is 6.88. The highest BCUT2D eigenvalue weighted by molar-refractivity contribution is 5.90. The first-order valence-corrected chi connectivity index (χ1v) is 8.95. The van der Waals surface area contributed by atoms with Crippen LogP contribution in [0.2, 0.25) is 0 Å². The third-order valence-corrected chi connectivity index (χ3v) is 5.05. The maximum atomic E-state index is 12.5. The maximum absolute atomic E-state index is 12.5. The molecule has 2 aliphatic rings. The van der Waals surface area contributed by atoms with E-state index in [9.17, 15) is 4.79 Å². The quantitative estimate of drug-likeness (QED) is 0.921. The number of amides is 2. The van der Waals surface area contributed by atoms with Crippen LogP contribution < -0.4 is 10.1 Å². The summed E-state index contributed by atoms with van der Waals surface area (Å²) in [5.74, 6) is 1.16. The predicted molar refractivity (Wildman–Crippen MR) is 94.5 cm³/mol. The van der Waals surface area contributed by atoms with Crippen molar-refractivity contribution in [2.45, 2.75) is 32.6 Å². The molecule has 2 saturated heterocycles. The summed E-state index contributed by atoms with van der Waals surface area (Å²) in [4.78, 5) is 21.3. The van der Waals surface area contributed by atoms with Crippen molar-refractivity contribution in [3.63, 3.8) is 0 Å². The van der Waals surface area contributed by atoms with Crippen LogP contribution in [0.5, 0.6) is 5.88 Å². The van der Waals surface area contributed by atoms with Gasteiger partial charge in [-0.3, -0.25) is 0 Å². The Kier molecular flexibility index (Phi) is 5.56. The molecule has 0 spiro atoms. The summed E-state index contributed by atoms with van der Waals surface area (Å²) < 4.78 is 5.10. The fourth-order valence-electron chi connectivity index (χ4n) is 3.65. The number of rotatable bonds is 4. The van der Waals surface area contributed by atoms with Gasteiger partial charge in [-0.25, -0.2) is 9.78 Å². The Bertz CT molecular complexity index is 572. The number of carbonyl (C=O) groups is 1. The molecule has 3 heterocycles. The van der Waals surface area contributed by atoms with Crippen molar-refractivity contribution < 1.29 is 9.53 Å². The highest BCUT2D eigenvalue weighted by Crippen LogP contribution is 2.22. The number of carbonyl (C=O) groups excluding carboxylic acids is 1. The average Bonchev–Trinajstić information content (AvgIpc) is 3.06. The fourth-order valence-corrected chi connectivity index (χ4v) is 3.65. The van der Waals surface area contributed by atoms with E-state index in [4.69, 9.17) is 4.74 Å². The zero-order valence-corrected chi connectivity index (χ0v) is 14.8. The highest BCUT2D eigenvalue weighted by atomic mass is 16.5. The average molecular weight is 332 g/mol. The van der Waals surface area contributed by atoms with Gasteiger partial charge in [-0.15, -0.1) is 0 Å². The second-order valence-corrected chi connectivity index (χ2v) is 6.88. The number of nitrogens with one attached hydrogen (secondary N) is 1. The van der Waals surface area contributed by atoms with Crippen LogP contribution in [0.15, 0.2) is 12.1 Å². The van der Waals surface area contributed by atoms with Crippen LogP contribution in [0, 0.1) is 12.8 Å². The van der Waals surface area contributed by atoms with Crippen LogP contribution in [-0.4, -0.2) is 60.6 Å². The van der Waals surface area contributed by atoms with Crippen molar-refractivity contribution in [1.29, 1.82) is 0 Å². The first-order chi connectivity index (χ1) is 11.7. The molecule has 2 aliphatic heterocycles. The Morgan fingerprint density at radius 1 is 1.29 bits per heavy atom. The number of anilines is 1. The van der Waals surface area contributed by atoms with Gasteiger partial charge in [-0.2, -0.15) is 0 Å². The standard InChI is InChI=1S/C18H28N4O2/c1-14-16(6-7-17(19-14)24-2)20-18(23)22-11-8-15(13-22)12-21-9-4-3-5-10-21/h6-7,15H,3-5,8-13H2,1-2H3,(H,20,23)/t15-/m1/s1. The van der Waals surface area contributed by atoms with Crippen LogP contribution in [0.25, 0.3) is 0 Å². The Morgan fingerprint density at radius 3 is 2.79 bits per heavy atom. The minimum Gasteiger partial charge on any atom is -0.481 e. The van der Waals surface area contributed by atoms with E-state index in [1.807, 2.05) is 17.9 Å². The lowest BCUT2D eigenvalue weighted by Crippen LogP contribution is -2.37. The molecule has 6 heteroatoms. The molecule has 2 fully saturated rings. The topological polar surface area (TPSA) is 57.7 Å². The zero-order valence-electron chi connectivity index (χ0n) is 14.8. The molecule has 132 valence electrons. The SMILES string of the molecule is COc1ccc(NC(=O)N2CC[C@H](CN3CCCCC3)C2)c(C)n1. The monoisotopic (exact) mass is 332 g/mol. The number of aromatic nitrogens is 1. The Morgan fingerprint density at radius 2 is 2.08 bits per heavy atom.